The van der Waals surface area contributed by atoms with E-state index in [1.807, 2.05) is 11.3 Å². The van der Waals surface area contributed by atoms with Gasteiger partial charge in [-0.3, -0.25) is 9.69 Å². The van der Waals surface area contributed by atoms with E-state index >= 15 is 0 Å². The summed E-state index contributed by atoms with van der Waals surface area (Å²) in [6, 6.07) is 0. The van der Waals surface area contributed by atoms with Crippen LogP contribution in [0.3, 0.4) is 0 Å². The fourth-order valence-electron chi connectivity index (χ4n) is 4.44. The fraction of sp³-hybridized carbons (Fsp3) is 0.789. The topological polar surface area (TPSA) is 36.4 Å². The lowest BCUT2D eigenvalue weighted by atomic mass is 10.0. The molecular formula is C19H29N3OS. The summed E-state index contributed by atoms with van der Waals surface area (Å²) in [5, 5.41) is 1.28. The molecule has 1 aromatic heterocycles. The largest absolute Gasteiger partial charge is 0.340 e. The van der Waals surface area contributed by atoms with Crippen molar-refractivity contribution in [2.75, 3.05) is 26.2 Å². The summed E-state index contributed by atoms with van der Waals surface area (Å²) in [4.78, 5) is 23.3. The average Bonchev–Trinajstić information content (AvgIpc) is 3.30. The molecule has 0 N–H and O–H groups in total. The van der Waals surface area contributed by atoms with Gasteiger partial charge in [0.25, 0.3) is 0 Å². The van der Waals surface area contributed by atoms with Crippen LogP contribution >= 0.6 is 11.3 Å². The number of hydrogen-bond donors (Lipinski definition) is 0. The molecule has 2 fully saturated rings. The van der Waals surface area contributed by atoms with Crippen LogP contribution in [-0.4, -0.2) is 46.9 Å². The zero-order valence-corrected chi connectivity index (χ0v) is 15.5. The average molecular weight is 348 g/mol. The molecule has 0 aromatic carbocycles. The molecule has 4 nitrogen and oxygen atoms in total. The Morgan fingerprint density at radius 3 is 2.62 bits per heavy atom. The first-order valence-electron chi connectivity index (χ1n) is 9.75. The smallest absolute Gasteiger partial charge is 0.222 e. The van der Waals surface area contributed by atoms with Gasteiger partial charge in [0.15, 0.2) is 0 Å². The van der Waals surface area contributed by atoms with E-state index < -0.39 is 0 Å². The molecule has 0 unspecified atom stereocenters. The Bertz CT molecular complexity index is 550. The van der Waals surface area contributed by atoms with Crippen LogP contribution in [0.2, 0.25) is 0 Å². The molecule has 24 heavy (non-hydrogen) atoms. The number of carbonyl (C=O) groups excluding carboxylic acids is 1. The number of fused-ring (bicyclic) bond motifs is 1. The SMILES string of the molecule is O=C(CCC1CCCC1)N1CCN(Cc2nc3c(s2)CCC3)CC1. The zero-order chi connectivity index (χ0) is 16.4. The lowest BCUT2D eigenvalue weighted by Gasteiger charge is -2.34. The molecule has 5 heteroatoms. The van der Waals surface area contributed by atoms with Crippen molar-refractivity contribution in [1.29, 1.82) is 0 Å². The van der Waals surface area contributed by atoms with Crippen LogP contribution in [0.5, 0.6) is 0 Å². The number of amides is 1. The quantitative estimate of drug-likeness (QED) is 0.820. The van der Waals surface area contributed by atoms with Crippen molar-refractivity contribution in [3.05, 3.63) is 15.6 Å². The van der Waals surface area contributed by atoms with E-state index in [1.165, 1.54) is 60.5 Å². The van der Waals surface area contributed by atoms with Gasteiger partial charge in [-0.05, 0) is 31.6 Å². The lowest BCUT2D eigenvalue weighted by molar-refractivity contribution is -0.133. The predicted molar refractivity (Wildman–Crippen MR) is 97.2 cm³/mol. The molecule has 1 saturated carbocycles. The number of aromatic nitrogens is 1. The van der Waals surface area contributed by atoms with Crippen LogP contribution in [0, 0.1) is 5.92 Å². The second-order valence-electron chi connectivity index (χ2n) is 7.68. The first-order valence-corrected chi connectivity index (χ1v) is 10.6. The third kappa shape index (κ3) is 3.83. The third-order valence-electron chi connectivity index (χ3n) is 5.97. The molecule has 4 rings (SSSR count). The second-order valence-corrected chi connectivity index (χ2v) is 8.85. The van der Waals surface area contributed by atoms with Crippen LogP contribution < -0.4 is 0 Å². The molecular weight excluding hydrogens is 318 g/mol. The molecule has 2 heterocycles. The highest BCUT2D eigenvalue weighted by atomic mass is 32.1. The van der Waals surface area contributed by atoms with Crippen molar-refractivity contribution in [1.82, 2.24) is 14.8 Å². The summed E-state index contributed by atoms with van der Waals surface area (Å²) in [6.45, 7) is 4.77. The Balaban J connectivity index is 1.20. The minimum Gasteiger partial charge on any atom is -0.340 e. The van der Waals surface area contributed by atoms with Crippen LogP contribution in [0.4, 0.5) is 0 Å². The Morgan fingerprint density at radius 1 is 1.08 bits per heavy atom. The highest BCUT2D eigenvalue weighted by Crippen LogP contribution is 2.29. The zero-order valence-electron chi connectivity index (χ0n) is 14.6. The summed E-state index contributed by atoms with van der Waals surface area (Å²) < 4.78 is 0. The highest BCUT2D eigenvalue weighted by molar-refractivity contribution is 7.11. The summed E-state index contributed by atoms with van der Waals surface area (Å²) in [5.74, 6) is 1.21. The monoisotopic (exact) mass is 347 g/mol. The van der Waals surface area contributed by atoms with Crippen molar-refractivity contribution in [2.45, 2.75) is 64.3 Å². The summed E-state index contributed by atoms with van der Waals surface area (Å²) >= 11 is 1.91. The normalized spacial score (nSPS) is 22.2. The summed E-state index contributed by atoms with van der Waals surface area (Å²) in [7, 11) is 0. The van der Waals surface area contributed by atoms with Crippen molar-refractivity contribution in [3.8, 4) is 0 Å². The molecule has 3 aliphatic rings. The minimum absolute atomic E-state index is 0.384. The van der Waals surface area contributed by atoms with Gasteiger partial charge in [-0.15, -0.1) is 11.3 Å². The Morgan fingerprint density at radius 2 is 1.88 bits per heavy atom. The van der Waals surface area contributed by atoms with Gasteiger partial charge in [0.05, 0.1) is 12.2 Å². The summed E-state index contributed by atoms with van der Waals surface area (Å²) in [5.41, 5.74) is 1.36. The first-order chi connectivity index (χ1) is 11.8. The first kappa shape index (κ1) is 16.5. The minimum atomic E-state index is 0.384. The van der Waals surface area contributed by atoms with E-state index in [0.29, 0.717) is 5.91 Å². The Hall–Kier alpha value is -0.940. The van der Waals surface area contributed by atoms with Gasteiger partial charge in [0.1, 0.15) is 5.01 Å². The van der Waals surface area contributed by atoms with E-state index in [0.717, 1.165) is 51.5 Å². The number of nitrogens with zero attached hydrogens (tertiary/aromatic N) is 3. The standard InChI is InChI=1S/C19H29N3OS/c23-19(9-8-15-4-1-2-5-15)22-12-10-21(11-13-22)14-18-20-16-6-3-7-17(16)24-18/h15H,1-14H2. The van der Waals surface area contributed by atoms with Crippen molar-refractivity contribution in [3.63, 3.8) is 0 Å². The van der Waals surface area contributed by atoms with Gasteiger partial charge in [0, 0.05) is 37.5 Å². The molecule has 2 aliphatic carbocycles. The van der Waals surface area contributed by atoms with Crippen LogP contribution in [0.1, 0.15) is 60.5 Å². The van der Waals surface area contributed by atoms with Crippen molar-refractivity contribution < 1.29 is 4.79 Å². The maximum absolute atomic E-state index is 12.4. The predicted octanol–water partition coefficient (Wildman–Crippen LogP) is 3.25. The fourth-order valence-corrected chi connectivity index (χ4v) is 5.64. The van der Waals surface area contributed by atoms with Gasteiger partial charge < -0.3 is 4.90 Å². The molecule has 0 bridgehead atoms. The van der Waals surface area contributed by atoms with E-state index in [-0.39, 0.29) is 0 Å². The molecule has 0 radical (unpaired) electrons. The number of aryl methyl sites for hydroxylation is 2. The molecule has 0 atom stereocenters. The van der Waals surface area contributed by atoms with Crippen LogP contribution in [0.25, 0.3) is 0 Å². The van der Waals surface area contributed by atoms with E-state index in [2.05, 4.69) is 9.80 Å². The molecule has 1 aliphatic heterocycles. The Kier molecular flexibility index (Phi) is 5.18. The van der Waals surface area contributed by atoms with E-state index in [9.17, 15) is 4.79 Å². The number of carbonyl (C=O) groups is 1. The molecule has 1 amide bonds. The number of thiazole rings is 1. The van der Waals surface area contributed by atoms with Crippen molar-refractivity contribution >= 4 is 17.2 Å². The van der Waals surface area contributed by atoms with Crippen molar-refractivity contribution in [2.24, 2.45) is 5.92 Å². The van der Waals surface area contributed by atoms with Gasteiger partial charge in [-0.2, -0.15) is 0 Å². The van der Waals surface area contributed by atoms with Crippen LogP contribution in [-0.2, 0) is 24.2 Å². The van der Waals surface area contributed by atoms with Gasteiger partial charge in [-0.25, -0.2) is 4.98 Å². The third-order valence-corrected chi connectivity index (χ3v) is 7.11. The molecule has 1 saturated heterocycles. The van der Waals surface area contributed by atoms with E-state index in [4.69, 9.17) is 4.98 Å². The van der Waals surface area contributed by atoms with Gasteiger partial charge in [-0.1, -0.05) is 25.7 Å². The number of rotatable bonds is 5. The molecule has 0 spiro atoms. The maximum Gasteiger partial charge on any atom is 0.222 e. The lowest BCUT2D eigenvalue weighted by Crippen LogP contribution is -2.48. The number of hydrogen-bond acceptors (Lipinski definition) is 4. The summed E-state index contributed by atoms with van der Waals surface area (Å²) in [6.07, 6.45) is 11.0. The van der Waals surface area contributed by atoms with Gasteiger partial charge in [0.2, 0.25) is 5.91 Å². The van der Waals surface area contributed by atoms with E-state index in [1.54, 1.807) is 0 Å². The highest BCUT2D eigenvalue weighted by Gasteiger charge is 2.24. The van der Waals surface area contributed by atoms with Crippen LogP contribution in [0.15, 0.2) is 0 Å². The van der Waals surface area contributed by atoms with Gasteiger partial charge >= 0.3 is 0 Å². The Labute approximate surface area is 149 Å². The second kappa shape index (κ2) is 7.52. The molecule has 132 valence electrons. The number of piperazine rings is 1. The maximum atomic E-state index is 12.4. The molecule has 1 aromatic rings.